The summed E-state index contributed by atoms with van der Waals surface area (Å²) in [6, 6.07) is 27.0. The molecule has 0 unspecified atom stereocenters. The topological polar surface area (TPSA) is 19.6 Å². The van der Waals surface area contributed by atoms with E-state index in [0.717, 1.165) is 18.7 Å². The van der Waals surface area contributed by atoms with Crippen molar-refractivity contribution in [2.75, 3.05) is 9.80 Å². The Morgan fingerprint density at radius 2 is 1.03 bits per heavy atom. The quantitative estimate of drug-likeness (QED) is 0.162. The van der Waals surface area contributed by atoms with Gasteiger partial charge in [0, 0.05) is 28.2 Å². The van der Waals surface area contributed by atoms with Crippen LogP contribution in [0, 0.1) is 6.92 Å². The van der Waals surface area contributed by atoms with Crippen LogP contribution in [0.4, 0.5) is 34.3 Å². The maximum absolute atomic E-state index is 7.69. The van der Waals surface area contributed by atoms with Crippen LogP contribution in [0.2, 0.25) is 0 Å². The number of aryl methyl sites for hydroxylation is 1. The number of benzene rings is 4. The van der Waals surface area contributed by atoms with Gasteiger partial charge in [-0.15, -0.1) is 0 Å². The smallest absolute Gasteiger partial charge is 0.256 e. The van der Waals surface area contributed by atoms with Crippen molar-refractivity contribution in [1.82, 2.24) is 0 Å². The van der Waals surface area contributed by atoms with Crippen LogP contribution in [0.1, 0.15) is 188 Å². The molecule has 1 aromatic heterocycles. The van der Waals surface area contributed by atoms with Crippen LogP contribution < -0.4 is 26.2 Å². The van der Waals surface area contributed by atoms with Gasteiger partial charge in [0.25, 0.3) is 6.71 Å². The Balaban J connectivity index is 1.47. The van der Waals surface area contributed by atoms with Crippen LogP contribution >= 0.6 is 0 Å². The standard InChI is InChI=1S/C57H73BN2O/c1-34-28-39-40(55(13,14)25-24-54(39,11)12)33-42(34)60-45-32-37(53(8,9)10)31-44-47(45)58(48-46-49(61-50(48)60)57(17,18)27-26-56(46,15)16)41-23-22-36(52(5,6)7)30-43(41)59(44)38-21-19-20-35(29-38)51(2,3)4/h19-23,28-33H,24-27H2,1-18H3. The van der Waals surface area contributed by atoms with E-state index in [4.69, 9.17) is 4.42 Å². The number of rotatable bonds is 2. The third kappa shape index (κ3) is 6.41. The summed E-state index contributed by atoms with van der Waals surface area (Å²) < 4.78 is 7.69. The van der Waals surface area contributed by atoms with E-state index in [9.17, 15) is 0 Å². The second-order valence-corrected chi connectivity index (χ2v) is 25.4. The average Bonchev–Trinajstić information content (AvgIpc) is 3.57. The lowest BCUT2D eigenvalue weighted by molar-refractivity contribution is 0.280. The number of furan rings is 1. The van der Waals surface area contributed by atoms with E-state index in [1.807, 2.05) is 0 Å². The number of hydrogen-bond acceptors (Lipinski definition) is 3. The molecule has 0 N–H and O–H groups in total. The molecule has 5 aromatic rings. The summed E-state index contributed by atoms with van der Waals surface area (Å²) in [5.74, 6) is 2.20. The van der Waals surface area contributed by atoms with E-state index in [-0.39, 0.29) is 44.6 Å². The Bertz CT molecular complexity index is 2630. The molecule has 0 atom stereocenters. The summed E-state index contributed by atoms with van der Waals surface area (Å²) in [6.07, 6.45) is 4.59. The fraction of sp³-hybridized carbons (Fsp3) is 0.509. The number of nitrogens with zero attached hydrogens (tertiary/aromatic N) is 2. The summed E-state index contributed by atoms with van der Waals surface area (Å²) in [5, 5.41) is 0. The van der Waals surface area contributed by atoms with Crippen molar-refractivity contribution in [2.45, 2.75) is 188 Å². The summed E-state index contributed by atoms with van der Waals surface area (Å²) in [6.45, 7) is 43.1. The highest BCUT2D eigenvalue weighted by Gasteiger charge is 2.53. The van der Waals surface area contributed by atoms with Crippen molar-refractivity contribution >= 4 is 57.4 Å². The molecule has 0 spiro atoms. The van der Waals surface area contributed by atoms with Crippen LogP contribution in [-0.2, 0) is 37.9 Å². The average molecular weight is 813 g/mol. The van der Waals surface area contributed by atoms with E-state index < -0.39 is 0 Å². The predicted octanol–water partition coefficient (Wildman–Crippen LogP) is 14.3. The Kier molecular flexibility index (Phi) is 8.95. The van der Waals surface area contributed by atoms with Crippen molar-refractivity contribution in [3.8, 4) is 0 Å². The van der Waals surface area contributed by atoms with Crippen molar-refractivity contribution < 1.29 is 4.42 Å². The molecule has 4 heteroatoms. The molecule has 3 heterocycles. The maximum Gasteiger partial charge on any atom is 0.256 e. The Hall–Kier alpha value is -4.18. The van der Waals surface area contributed by atoms with Crippen LogP contribution in [0.25, 0.3) is 0 Å². The third-order valence-electron chi connectivity index (χ3n) is 15.7. The number of anilines is 6. The Labute approximate surface area is 369 Å². The lowest BCUT2D eigenvalue weighted by atomic mass is 9.32. The second kappa shape index (κ2) is 13.0. The zero-order valence-corrected chi connectivity index (χ0v) is 41.1. The van der Waals surface area contributed by atoms with Gasteiger partial charge in [0.15, 0.2) is 5.88 Å². The summed E-state index contributed by atoms with van der Waals surface area (Å²) in [7, 11) is 0. The zero-order chi connectivity index (χ0) is 44.4. The summed E-state index contributed by atoms with van der Waals surface area (Å²) in [5.41, 5.74) is 20.0. The summed E-state index contributed by atoms with van der Waals surface area (Å²) in [4.78, 5) is 5.25. The Morgan fingerprint density at radius 3 is 1.64 bits per heavy atom. The molecule has 3 nitrogen and oxygen atoms in total. The van der Waals surface area contributed by atoms with E-state index in [1.54, 1.807) is 0 Å². The van der Waals surface area contributed by atoms with E-state index in [0.29, 0.717) is 0 Å². The highest BCUT2D eigenvalue weighted by Crippen LogP contribution is 2.55. The molecule has 4 aromatic carbocycles. The lowest BCUT2D eigenvalue weighted by Crippen LogP contribution is -2.63. The van der Waals surface area contributed by atoms with Gasteiger partial charge in [-0.25, -0.2) is 0 Å². The van der Waals surface area contributed by atoms with Gasteiger partial charge >= 0.3 is 0 Å². The molecular formula is C57H73BN2O. The molecule has 0 bridgehead atoms. The van der Waals surface area contributed by atoms with Gasteiger partial charge in [-0.1, -0.05) is 148 Å². The highest BCUT2D eigenvalue weighted by atomic mass is 16.4. The van der Waals surface area contributed by atoms with Gasteiger partial charge in [-0.2, -0.15) is 0 Å². The molecule has 4 aliphatic rings. The molecule has 320 valence electrons. The molecule has 2 aliphatic heterocycles. The van der Waals surface area contributed by atoms with Gasteiger partial charge in [0.05, 0.1) is 5.69 Å². The summed E-state index contributed by atoms with van der Waals surface area (Å²) >= 11 is 0. The van der Waals surface area contributed by atoms with E-state index in [2.05, 4.69) is 201 Å². The van der Waals surface area contributed by atoms with Crippen molar-refractivity contribution in [1.29, 1.82) is 0 Å². The SMILES string of the molecule is Cc1cc2c(cc1N1c3cc(C(C)(C)C)cc4c3B(c3ccc(C(C)(C)C)cc3N4c3cccc(C(C)(C)C)c3)c3c1oc1c3C(C)(C)CCC1(C)C)C(C)(C)CCC2(C)C. The molecule has 2 aliphatic carbocycles. The van der Waals surface area contributed by atoms with E-state index >= 15 is 0 Å². The van der Waals surface area contributed by atoms with E-state index in [1.165, 1.54) is 102 Å². The largest absolute Gasteiger partial charge is 0.444 e. The van der Waals surface area contributed by atoms with Crippen LogP contribution in [0.3, 0.4) is 0 Å². The molecular weight excluding hydrogens is 739 g/mol. The van der Waals surface area contributed by atoms with Gasteiger partial charge in [0.2, 0.25) is 0 Å². The minimum absolute atomic E-state index is 0.00334. The van der Waals surface area contributed by atoms with Crippen molar-refractivity contribution in [3.05, 3.63) is 111 Å². The van der Waals surface area contributed by atoms with Crippen molar-refractivity contribution in [3.63, 3.8) is 0 Å². The first kappa shape index (κ1) is 42.1. The molecule has 0 saturated carbocycles. The predicted molar refractivity (Wildman–Crippen MR) is 264 cm³/mol. The first-order valence-corrected chi connectivity index (χ1v) is 23.4. The minimum Gasteiger partial charge on any atom is -0.444 e. The molecule has 61 heavy (non-hydrogen) atoms. The maximum atomic E-state index is 7.69. The first-order chi connectivity index (χ1) is 28.0. The van der Waals surface area contributed by atoms with Gasteiger partial charge < -0.3 is 9.32 Å². The molecule has 9 rings (SSSR count). The molecule has 0 fully saturated rings. The normalized spacial score (nSPS) is 19.5. The van der Waals surface area contributed by atoms with Gasteiger partial charge in [-0.05, 0) is 157 Å². The minimum atomic E-state index is -0.108. The molecule has 0 amide bonds. The number of fused-ring (bicyclic) bond motifs is 7. The fourth-order valence-corrected chi connectivity index (χ4v) is 11.3. The monoisotopic (exact) mass is 813 g/mol. The second-order valence-electron chi connectivity index (χ2n) is 25.4. The van der Waals surface area contributed by atoms with Gasteiger partial charge in [-0.3, -0.25) is 4.90 Å². The van der Waals surface area contributed by atoms with Crippen LogP contribution in [0.5, 0.6) is 0 Å². The number of hydrogen-bond donors (Lipinski definition) is 0. The van der Waals surface area contributed by atoms with Crippen molar-refractivity contribution in [2.24, 2.45) is 0 Å². The van der Waals surface area contributed by atoms with Crippen LogP contribution in [-0.4, -0.2) is 6.71 Å². The van der Waals surface area contributed by atoms with Gasteiger partial charge in [0.1, 0.15) is 5.76 Å². The highest BCUT2D eigenvalue weighted by molar-refractivity contribution is 7.00. The zero-order valence-electron chi connectivity index (χ0n) is 41.1. The Morgan fingerprint density at radius 1 is 0.508 bits per heavy atom. The van der Waals surface area contributed by atoms with Crippen LogP contribution in [0.15, 0.2) is 71.1 Å². The third-order valence-corrected chi connectivity index (χ3v) is 15.7. The molecule has 0 saturated heterocycles. The molecule has 0 radical (unpaired) electrons. The first-order valence-electron chi connectivity index (χ1n) is 23.4. The fourth-order valence-electron chi connectivity index (χ4n) is 11.3. The lowest BCUT2D eigenvalue weighted by Gasteiger charge is -2.46.